The topological polar surface area (TPSA) is 25.8 Å². The van der Waals surface area contributed by atoms with Crippen LogP contribution in [0.25, 0.3) is 11.1 Å². The van der Waals surface area contributed by atoms with Crippen LogP contribution in [-0.2, 0) is 0 Å². The van der Waals surface area contributed by atoms with Crippen LogP contribution >= 0.6 is 34.8 Å². The zero-order valence-corrected chi connectivity index (χ0v) is 11.5. The molecule has 0 radical (unpaired) electrons. The van der Waals surface area contributed by atoms with Gasteiger partial charge >= 0.3 is 0 Å². The van der Waals surface area contributed by atoms with Crippen LogP contribution in [-0.4, -0.2) is 9.97 Å². The summed E-state index contributed by atoms with van der Waals surface area (Å²) in [6.45, 7) is 3.75. The molecule has 1 aromatic carbocycles. The van der Waals surface area contributed by atoms with Crippen molar-refractivity contribution in [1.29, 1.82) is 0 Å². The summed E-state index contributed by atoms with van der Waals surface area (Å²) in [6, 6.07) is 3.53. The maximum absolute atomic E-state index is 6.17. The zero-order chi connectivity index (χ0) is 12.6. The van der Waals surface area contributed by atoms with Gasteiger partial charge < -0.3 is 0 Å². The minimum absolute atomic E-state index is 0.353. The second-order valence-corrected chi connectivity index (χ2v) is 4.80. The molecule has 0 N–H and O–H groups in total. The molecular weight excluding hydrogens is 279 g/mol. The number of hydrogen-bond acceptors (Lipinski definition) is 2. The number of rotatable bonds is 1. The van der Waals surface area contributed by atoms with Gasteiger partial charge in [0.05, 0.1) is 15.1 Å². The van der Waals surface area contributed by atoms with Gasteiger partial charge in [-0.25, -0.2) is 9.97 Å². The molecule has 17 heavy (non-hydrogen) atoms. The fraction of sp³-hybridized carbons (Fsp3) is 0.167. The van der Waals surface area contributed by atoms with Gasteiger partial charge in [-0.15, -0.1) is 0 Å². The van der Waals surface area contributed by atoms with Gasteiger partial charge in [0.1, 0.15) is 5.82 Å². The number of aryl methyl sites for hydroxylation is 2. The SMILES string of the molecule is Cc1ncc(-c2ccc(Cl)c(Cl)c2Cl)c(C)n1. The van der Waals surface area contributed by atoms with E-state index < -0.39 is 0 Å². The van der Waals surface area contributed by atoms with Crippen molar-refractivity contribution in [3.05, 3.63) is 44.9 Å². The van der Waals surface area contributed by atoms with E-state index in [1.807, 2.05) is 19.9 Å². The molecule has 1 heterocycles. The van der Waals surface area contributed by atoms with E-state index in [2.05, 4.69) is 9.97 Å². The summed E-state index contributed by atoms with van der Waals surface area (Å²) in [7, 11) is 0. The van der Waals surface area contributed by atoms with Crippen molar-refractivity contribution < 1.29 is 0 Å². The summed E-state index contributed by atoms with van der Waals surface area (Å²) in [5, 5.41) is 1.21. The Hall–Kier alpha value is -0.830. The summed E-state index contributed by atoms with van der Waals surface area (Å²) in [4.78, 5) is 8.46. The lowest BCUT2D eigenvalue weighted by Gasteiger charge is -2.09. The van der Waals surface area contributed by atoms with Crippen molar-refractivity contribution in [1.82, 2.24) is 9.97 Å². The molecule has 1 aromatic heterocycles. The van der Waals surface area contributed by atoms with Crippen molar-refractivity contribution >= 4 is 34.8 Å². The van der Waals surface area contributed by atoms with E-state index in [-0.39, 0.29) is 0 Å². The minimum atomic E-state index is 0.353. The Labute approximate surface area is 115 Å². The Morgan fingerprint density at radius 2 is 1.65 bits per heavy atom. The van der Waals surface area contributed by atoms with E-state index in [1.165, 1.54) is 0 Å². The molecule has 0 fully saturated rings. The molecule has 0 bridgehead atoms. The van der Waals surface area contributed by atoms with E-state index in [0.717, 1.165) is 22.6 Å². The summed E-state index contributed by atoms with van der Waals surface area (Å²) < 4.78 is 0. The number of benzene rings is 1. The van der Waals surface area contributed by atoms with Gasteiger partial charge in [-0.3, -0.25) is 0 Å². The first-order chi connectivity index (χ1) is 8.00. The first-order valence-corrected chi connectivity index (χ1v) is 6.08. The number of hydrogen-bond donors (Lipinski definition) is 0. The summed E-state index contributed by atoms with van der Waals surface area (Å²) in [5.41, 5.74) is 2.51. The van der Waals surface area contributed by atoms with Crippen molar-refractivity contribution in [2.24, 2.45) is 0 Å². The highest BCUT2D eigenvalue weighted by Gasteiger charge is 2.13. The Morgan fingerprint density at radius 1 is 0.941 bits per heavy atom. The van der Waals surface area contributed by atoms with Crippen LogP contribution < -0.4 is 0 Å². The van der Waals surface area contributed by atoms with Crippen molar-refractivity contribution in [3.63, 3.8) is 0 Å². The predicted molar refractivity (Wildman–Crippen MR) is 72.0 cm³/mol. The van der Waals surface area contributed by atoms with Crippen LogP contribution in [0.4, 0.5) is 0 Å². The number of nitrogens with zero attached hydrogens (tertiary/aromatic N) is 2. The standard InChI is InChI=1S/C12H9Cl3N2/c1-6-9(5-16-7(2)17-6)8-3-4-10(13)12(15)11(8)14/h3-5H,1-2H3. The molecular formula is C12H9Cl3N2. The van der Waals surface area contributed by atoms with E-state index in [4.69, 9.17) is 34.8 Å². The third-order valence-electron chi connectivity index (χ3n) is 2.43. The Bertz CT molecular complexity index is 582. The smallest absolute Gasteiger partial charge is 0.125 e. The lowest BCUT2D eigenvalue weighted by Crippen LogP contribution is -1.94. The van der Waals surface area contributed by atoms with Crippen molar-refractivity contribution in [2.75, 3.05) is 0 Å². The Morgan fingerprint density at radius 3 is 2.29 bits per heavy atom. The number of aromatic nitrogens is 2. The molecule has 0 aliphatic carbocycles. The van der Waals surface area contributed by atoms with Crippen LogP contribution in [0.1, 0.15) is 11.5 Å². The molecule has 0 spiro atoms. The summed E-state index contributed by atoms with van der Waals surface area (Å²) in [6.07, 6.45) is 1.74. The molecule has 5 heteroatoms. The Kier molecular flexibility index (Phi) is 3.57. The molecule has 2 rings (SSSR count). The zero-order valence-electron chi connectivity index (χ0n) is 9.26. The molecule has 0 atom stereocenters. The minimum Gasteiger partial charge on any atom is -0.241 e. The highest BCUT2D eigenvalue weighted by Crippen LogP contribution is 2.38. The third kappa shape index (κ3) is 2.39. The highest BCUT2D eigenvalue weighted by atomic mass is 35.5. The molecule has 88 valence electrons. The number of halogens is 3. The fourth-order valence-electron chi connectivity index (χ4n) is 1.58. The highest BCUT2D eigenvalue weighted by molar-refractivity contribution is 6.49. The van der Waals surface area contributed by atoms with Gasteiger partial charge in [0.25, 0.3) is 0 Å². The molecule has 0 saturated heterocycles. The lowest BCUT2D eigenvalue weighted by molar-refractivity contribution is 1.01. The summed E-state index contributed by atoms with van der Waals surface area (Å²) in [5.74, 6) is 0.724. The van der Waals surface area contributed by atoms with Gasteiger partial charge in [-0.2, -0.15) is 0 Å². The van der Waals surface area contributed by atoms with Crippen molar-refractivity contribution in [2.45, 2.75) is 13.8 Å². The molecule has 0 aliphatic rings. The average Bonchev–Trinajstić information content (AvgIpc) is 2.28. The van der Waals surface area contributed by atoms with E-state index in [0.29, 0.717) is 15.1 Å². The molecule has 0 unspecified atom stereocenters. The molecule has 2 nitrogen and oxygen atoms in total. The second-order valence-electron chi connectivity index (χ2n) is 3.64. The first-order valence-electron chi connectivity index (χ1n) is 4.95. The normalized spacial score (nSPS) is 10.6. The maximum Gasteiger partial charge on any atom is 0.125 e. The molecule has 2 aromatic rings. The fourth-order valence-corrected chi connectivity index (χ4v) is 2.22. The Balaban J connectivity index is 2.65. The van der Waals surface area contributed by atoms with Crippen LogP contribution in [0, 0.1) is 13.8 Å². The molecule has 0 saturated carbocycles. The van der Waals surface area contributed by atoms with Crippen LogP contribution in [0.15, 0.2) is 18.3 Å². The monoisotopic (exact) mass is 286 g/mol. The van der Waals surface area contributed by atoms with Crippen LogP contribution in [0.3, 0.4) is 0 Å². The molecule has 0 aliphatic heterocycles. The van der Waals surface area contributed by atoms with Gasteiger partial charge in [0, 0.05) is 23.0 Å². The van der Waals surface area contributed by atoms with E-state index in [1.54, 1.807) is 12.3 Å². The van der Waals surface area contributed by atoms with Crippen LogP contribution in [0.2, 0.25) is 15.1 Å². The second kappa shape index (κ2) is 4.81. The van der Waals surface area contributed by atoms with Crippen LogP contribution in [0.5, 0.6) is 0 Å². The quantitative estimate of drug-likeness (QED) is 0.709. The van der Waals surface area contributed by atoms with Gasteiger partial charge in [0.2, 0.25) is 0 Å². The largest absolute Gasteiger partial charge is 0.241 e. The maximum atomic E-state index is 6.17. The third-order valence-corrected chi connectivity index (χ3v) is 3.72. The molecule has 0 amide bonds. The average molecular weight is 288 g/mol. The summed E-state index contributed by atoms with van der Waals surface area (Å²) >= 11 is 18.1. The lowest BCUT2D eigenvalue weighted by atomic mass is 10.1. The van der Waals surface area contributed by atoms with E-state index in [9.17, 15) is 0 Å². The predicted octanol–water partition coefficient (Wildman–Crippen LogP) is 4.72. The van der Waals surface area contributed by atoms with E-state index >= 15 is 0 Å². The van der Waals surface area contributed by atoms with Gasteiger partial charge in [-0.05, 0) is 19.9 Å². The van der Waals surface area contributed by atoms with Crippen molar-refractivity contribution in [3.8, 4) is 11.1 Å². The van der Waals surface area contributed by atoms with Gasteiger partial charge in [0.15, 0.2) is 0 Å². The van der Waals surface area contributed by atoms with Gasteiger partial charge in [-0.1, -0.05) is 40.9 Å². The first kappa shape index (κ1) is 12.6.